The van der Waals surface area contributed by atoms with Gasteiger partial charge in [0, 0.05) is 16.6 Å². The molecule has 3 N–H and O–H groups in total. The highest BCUT2D eigenvalue weighted by Gasteiger charge is 2.19. The molecular formula is C24H19NO3. The Kier molecular flexibility index (Phi) is 4.68. The second kappa shape index (κ2) is 7.45. The average Bonchev–Trinajstić information content (AvgIpc) is 2.74. The van der Waals surface area contributed by atoms with E-state index in [1.54, 1.807) is 24.3 Å². The maximum Gasteiger partial charge on any atom is 0.335 e. The van der Waals surface area contributed by atoms with Crippen LogP contribution in [0.3, 0.4) is 0 Å². The predicted octanol–water partition coefficient (Wildman–Crippen LogP) is 5.45. The molecule has 4 aromatic carbocycles. The largest absolute Gasteiger partial charge is 0.507 e. The molecule has 0 aromatic heterocycles. The minimum absolute atomic E-state index is 0.232. The zero-order chi connectivity index (χ0) is 19.5. The van der Waals surface area contributed by atoms with Crippen LogP contribution in [-0.2, 0) is 0 Å². The lowest BCUT2D eigenvalue weighted by Crippen LogP contribution is -2.13. The maximum absolute atomic E-state index is 11.1. The lowest BCUT2D eigenvalue weighted by Gasteiger charge is -2.23. The van der Waals surface area contributed by atoms with Gasteiger partial charge in [-0.1, -0.05) is 66.7 Å². The topological polar surface area (TPSA) is 69.6 Å². The number of carboxylic acids is 1. The first-order valence-electron chi connectivity index (χ1n) is 8.99. The van der Waals surface area contributed by atoms with Gasteiger partial charge in [0.15, 0.2) is 0 Å². The molecule has 4 aromatic rings. The van der Waals surface area contributed by atoms with Gasteiger partial charge in [-0.3, -0.25) is 0 Å². The Morgan fingerprint density at radius 3 is 2.18 bits per heavy atom. The Morgan fingerprint density at radius 2 is 1.46 bits per heavy atom. The Bertz CT molecular complexity index is 1120. The van der Waals surface area contributed by atoms with Crippen LogP contribution >= 0.6 is 0 Å². The van der Waals surface area contributed by atoms with E-state index in [0.717, 1.165) is 27.6 Å². The number of hydrogen-bond donors (Lipinski definition) is 3. The molecule has 1 unspecified atom stereocenters. The zero-order valence-corrected chi connectivity index (χ0v) is 15.0. The van der Waals surface area contributed by atoms with Crippen molar-refractivity contribution in [1.29, 1.82) is 0 Å². The Hall–Kier alpha value is -3.79. The molecular weight excluding hydrogens is 350 g/mol. The lowest BCUT2D eigenvalue weighted by atomic mass is 9.94. The molecule has 0 saturated carbocycles. The van der Waals surface area contributed by atoms with Gasteiger partial charge in [-0.25, -0.2) is 4.79 Å². The van der Waals surface area contributed by atoms with E-state index in [9.17, 15) is 9.90 Å². The van der Waals surface area contributed by atoms with Crippen LogP contribution in [-0.4, -0.2) is 16.2 Å². The summed E-state index contributed by atoms with van der Waals surface area (Å²) in [5.41, 5.74) is 2.75. The van der Waals surface area contributed by atoms with Gasteiger partial charge in [-0.2, -0.15) is 0 Å². The van der Waals surface area contributed by atoms with Gasteiger partial charge in [-0.05, 0) is 35.2 Å². The summed E-state index contributed by atoms with van der Waals surface area (Å²) in [6.45, 7) is 0. The van der Waals surface area contributed by atoms with E-state index in [4.69, 9.17) is 5.11 Å². The molecule has 0 amide bonds. The first-order valence-corrected chi connectivity index (χ1v) is 8.99. The van der Waals surface area contributed by atoms with Crippen LogP contribution in [0.2, 0.25) is 0 Å². The number of rotatable bonds is 5. The zero-order valence-electron chi connectivity index (χ0n) is 15.0. The van der Waals surface area contributed by atoms with E-state index in [1.165, 1.54) is 0 Å². The van der Waals surface area contributed by atoms with E-state index in [0.29, 0.717) is 0 Å². The van der Waals surface area contributed by atoms with E-state index in [2.05, 4.69) is 5.32 Å². The summed E-state index contributed by atoms with van der Waals surface area (Å²) in [5, 5.41) is 25.3. The third-order valence-corrected chi connectivity index (χ3v) is 4.82. The van der Waals surface area contributed by atoms with Crippen LogP contribution in [0, 0.1) is 0 Å². The standard InChI is InChI=1S/C24H19NO3/c26-23-20-9-5-4-6-16(20)12-15-21(23)22(17-7-2-1-3-8-17)25-19-13-10-18(11-14-19)24(27)28/h1-15,22,25-26H,(H,27,28). The van der Waals surface area contributed by atoms with Crippen LogP contribution in [0.1, 0.15) is 27.5 Å². The summed E-state index contributed by atoms with van der Waals surface area (Å²) in [4.78, 5) is 11.1. The van der Waals surface area contributed by atoms with Crippen LogP contribution in [0.5, 0.6) is 5.75 Å². The number of carbonyl (C=O) groups is 1. The number of hydrogen-bond acceptors (Lipinski definition) is 3. The molecule has 1 atom stereocenters. The van der Waals surface area contributed by atoms with Gasteiger partial charge in [0.05, 0.1) is 11.6 Å². The average molecular weight is 369 g/mol. The van der Waals surface area contributed by atoms with Gasteiger partial charge >= 0.3 is 5.97 Å². The number of anilines is 1. The summed E-state index contributed by atoms with van der Waals surface area (Å²) in [6, 6.07) is 27.8. The Balaban J connectivity index is 1.78. The summed E-state index contributed by atoms with van der Waals surface area (Å²) in [7, 11) is 0. The number of carboxylic acid groups (broad SMARTS) is 1. The molecule has 0 saturated heterocycles. The summed E-state index contributed by atoms with van der Waals surface area (Å²) in [6.07, 6.45) is 0. The van der Waals surface area contributed by atoms with Gasteiger partial charge in [-0.15, -0.1) is 0 Å². The number of benzene rings is 4. The molecule has 28 heavy (non-hydrogen) atoms. The molecule has 0 heterocycles. The molecule has 0 bridgehead atoms. The predicted molar refractivity (Wildman–Crippen MR) is 111 cm³/mol. The molecule has 4 heteroatoms. The highest BCUT2D eigenvalue weighted by atomic mass is 16.4. The molecule has 0 aliphatic heterocycles. The number of aromatic hydroxyl groups is 1. The highest BCUT2D eigenvalue weighted by molar-refractivity contribution is 5.90. The van der Waals surface area contributed by atoms with Gasteiger partial charge in [0.25, 0.3) is 0 Å². The molecule has 0 spiro atoms. The van der Waals surface area contributed by atoms with Crippen molar-refractivity contribution in [2.75, 3.05) is 5.32 Å². The molecule has 0 fully saturated rings. The number of fused-ring (bicyclic) bond motifs is 1. The van der Waals surface area contributed by atoms with Crippen molar-refractivity contribution < 1.29 is 15.0 Å². The monoisotopic (exact) mass is 369 g/mol. The minimum Gasteiger partial charge on any atom is -0.507 e. The summed E-state index contributed by atoms with van der Waals surface area (Å²) >= 11 is 0. The van der Waals surface area contributed by atoms with Crippen LogP contribution in [0.15, 0.2) is 91.0 Å². The van der Waals surface area contributed by atoms with Crippen molar-refractivity contribution in [3.63, 3.8) is 0 Å². The van der Waals surface area contributed by atoms with E-state index in [1.807, 2.05) is 66.7 Å². The van der Waals surface area contributed by atoms with E-state index in [-0.39, 0.29) is 17.4 Å². The van der Waals surface area contributed by atoms with Crippen LogP contribution < -0.4 is 5.32 Å². The van der Waals surface area contributed by atoms with Gasteiger partial charge in [0.2, 0.25) is 0 Å². The maximum atomic E-state index is 11.1. The van der Waals surface area contributed by atoms with Gasteiger partial charge < -0.3 is 15.5 Å². The molecule has 0 radical (unpaired) electrons. The third-order valence-electron chi connectivity index (χ3n) is 4.82. The van der Waals surface area contributed by atoms with Crippen molar-refractivity contribution >= 4 is 22.4 Å². The highest BCUT2D eigenvalue weighted by Crippen LogP contribution is 2.37. The van der Waals surface area contributed by atoms with Crippen molar-refractivity contribution in [3.8, 4) is 5.75 Å². The quantitative estimate of drug-likeness (QED) is 0.438. The molecule has 4 rings (SSSR count). The van der Waals surface area contributed by atoms with Crippen molar-refractivity contribution in [2.24, 2.45) is 0 Å². The minimum atomic E-state index is -0.960. The SMILES string of the molecule is O=C(O)c1ccc(NC(c2ccccc2)c2ccc3ccccc3c2O)cc1. The summed E-state index contributed by atoms with van der Waals surface area (Å²) in [5.74, 6) is -0.722. The van der Waals surface area contributed by atoms with E-state index >= 15 is 0 Å². The van der Waals surface area contributed by atoms with Crippen LogP contribution in [0.25, 0.3) is 10.8 Å². The fourth-order valence-electron chi connectivity index (χ4n) is 3.37. The third kappa shape index (κ3) is 3.40. The summed E-state index contributed by atoms with van der Waals surface area (Å²) < 4.78 is 0. The fraction of sp³-hybridized carbons (Fsp3) is 0.0417. The Morgan fingerprint density at radius 1 is 0.786 bits per heavy atom. The smallest absolute Gasteiger partial charge is 0.335 e. The van der Waals surface area contributed by atoms with Crippen molar-refractivity contribution in [1.82, 2.24) is 0 Å². The normalized spacial score (nSPS) is 11.9. The number of phenolic OH excluding ortho intramolecular Hbond substituents is 1. The number of aromatic carboxylic acids is 1. The first kappa shape index (κ1) is 17.6. The first-order chi connectivity index (χ1) is 13.6. The second-order valence-corrected chi connectivity index (χ2v) is 6.60. The molecule has 138 valence electrons. The lowest BCUT2D eigenvalue weighted by molar-refractivity contribution is 0.0697. The second-order valence-electron chi connectivity index (χ2n) is 6.60. The Labute approximate surface area is 162 Å². The van der Waals surface area contributed by atoms with Crippen LogP contribution in [0.4, 0.5) is 5.69 Å². The molecule has 4 nitrogen and oxygen atoms in total. The number of nitrogens with one attached hydrogen (secondary N) is 1. The fourth-order valence-corrected chi connectivity index (χ4v) is 3.37. The molecule has 0 aliphatic rings. The number of phenols is 1. The van der Waals surface area contributed by atoms with Crippen molar-refractivity contribution in [2.45, 2.75) is 6.04 Å². The van der Waals surface area contributed by atoms with E-state index < -0.39 is 5.97 Å². The van der Waals surface area contributed by atoms with Gasteiger partial charge in [0.1, 0.15) is 5.75 Å². The molecule has 0 aliphatic carbocycles. The van der Waals surface area contributed by atoms with Crippen molar-refractivity contribution in [3.05, 3.63) is 108 Å².